The number of aliphatic hydroxyl groups excluding tert-OH is 2. The van der Waals surface area contributed by atoms with Crippen LogP contribution in [0.5, 0.6) is 0 Å². The molecule has 0 radical (unpaired) electrons. The monoisotopic (exact) mass is 860 g/mol. The zero-order chi connectivity index (χ0) is 44.4. The van der Waals surface area contributed by atoms with Gasteiger partial charge in [-0.15, -0.1) is 0 Å². The molecule has 0 spiro atoms. The van der Waals surface area contributed by atoms with E-state index in [1.807, 2.05) is 6.08 Å². The number of aliphatic hydroxyl groups is 2. The predicted octanol–water partition coefficient (Wildman–Crippen LogP) is 16.3. The van der Waals surface area contributed by atoms with Gasteiger partial charge in [0, 0.05) is 12.8 Å². The fourth-order valence-electron chi connectivity index (χ4n) is 8.27. The Hall–Kier alpha value is -1.66. The summed E-state index contributed by atoms with van der Waals surface area (Å²) in [7, 11) is 0. The van der Waals surface area contributed by atoms with Crippen molar-refractivity contribution in [3.05, 3.63) is 24.3 Å². The van der Waals surface area contributed by atoms with Gasteiger partial charge in [0.1, 0.15) is 0 Å². The van der Waals surface area contributed by atoms with Crippen molar-refractivity contribution in [1.29, 1.82) is 0 Å². The molecule has 0 heterocycles. The van der Waals surface area contributed by atoms with Gasteiger partial charge < -0.3 is 20.3 Å². The van der Waals surface area contributed by atoms with Crippen LogP contribution in [0.25, 0.3) is 0 Å². The molecule has 6 heteroatoms. The standard InChI is InChI=1S/C55H105NO5/c1-3-5-7-9-11-13-15-17-19-20-21-22-23-24-25-26-28-31-35-39-43-47-53(58)52(51-57)56-54(59)48-44-40-36-32-30-34-38-42-46-50-61-55(60)49-45-41-37-33-29-27-18-16-14-12-10-8-6-4-2/h16,18,43,47,52-53,57-58H,3-15,17,19-42,44-46,48-51H2,1-2H3,(H,56,59)/b18-16-,47-43+. The van der Waals surface area contributed by atoms with Crippen LogP contribution in [0, 0.1) is 0 Å². The van der Waals surface area contributed by atoms with Crippen molar-refractivity contribution in [1.82, 2.24) is 5.32 Å². The molecule has 3 N–H and O–H groups in total. The maximum absolute atomic E-state index is 12.5. The summed E-state index contributed by atoms with van der Waals surface area (Å²) in [5.74, 6) is -0.129. The van der Waals surface area contributed by atoms with Crippen LogP contribution in [0.2, 0.25) is 0 Å². The number of hydrogen-bond donors (Lipinski definition) is 3. The predicted molar refractivity (Wildman–Crippen MR) is 264 cm³/mol. The minimum Gasteiger partial charge on any atom is -0.466 e. The molecule has 0 saturated heterocycles. The van der Waals surface area contributed by atoms with Crippen LogP contribution in [0.1, 0.15) is 290 Å². The summed E-state index contributed by atoms with van der Waals surface area (Å²) in [5.41, 5.74) is 0. The summed E-state index contributed by atoms with van der Waals surface area (Å²) >= 11 is 0. The Balaban J connectivity index is 3.53. The molecule has 61 heavy (non-hydrogen) atoms. The Morgan fingerprint density at radius 3 is 1.16 bits per heavy atom. The Morgan fingerprint density at radius 2 is 0.770 bits per heavy atom. The molecule has 0 fully saturated rings. The van der Waals surface area contributed by atoms with Gasteiger partial charge in [-0.1, -0.05) is 244 Å². The number of carbonyl (C=O) groups is 2. The third kappa shape index (κ3) is 47.7. The lowest BCUT2D eigenvalue weighted by atomic mass is 10.0. The number of rotatable bonds is 50. The highest BCUT2D eigenvalue weighted by atomic mass is 16.5. The Bertz CT molecular complexity index is 951. The molecule has 0 bridgehead atoms. The summed E-state index contributed by atoms with van der Waals surface area (Å²) in [6, 6.07) is -0.649. The van der Waals surface area contributed by atoms with Gasteiger partial charge in [-0.2, -0.15) is 0 Å². The first kappa shape index (κ1) is 59.3. The van der Waals surface area contributed by atoms with Gasteiger partial charge in [0.15, 0.2) is 0 Å². The molecule has 0 aliphatic rings. The molecule has 0 aromatic heterocycles. The van der Waals surface area contributed by atoms with E-state index in [-0.39, 0.29) is 18.5 Å². The molecule has 0 aromatic carbocycles. The van der Waals surface area contributed by atoms with Crippen LogP contribution in [-0.4, -0.2) is 47.4 Å². The average molecular weight is 860 g/mol. The van der Waals surface area contributed by atoms with Crippen LogP contribution in [0.3, 0.4) is 0 Å². The van der Waals surface area contributed by atoms with Crippen molar-refractivity contribution in [3.63, 3.8) is 0 Å². The van der Waals surface area contributed by atoms with Crippen molar-refractivity contribution >= 4 is 11.9 Å². The first-order valence-electron chi connectivity index (χ1n) is 27.1. The molecule has 0 saturated carbocycles. The van der Waals surface area contributed by atoms with E-state index in [0.29, 0.717) is 19.4 Å². The van der Waals surface area contributed by atoms with E-state index in [1.165, 1.54) is 205 Å². The van der Waals surface area contributed by atoms with Crippen molar-refractivity contribution < 1.29 is 24.5 Å². The van der Waals surface area contributed by atoms with Crippen molar-refractivity contribution in [2.24, 2.45) is 0 Å². The molecule has 6 nitrogen and oxygen atoms in total. The summed E-state index contributed by atoms with van der Waals surface area (Å²) in [5, 5.41) is 23.1. The molecule has 2 unspecified atom stereocenters. The molecule has 2 atom stereocenters. The number of amides is 1. The highest BCUT2D eigenvalue weighted by Crippen LogP contribution is 2.16. The normalized spacial score (nSPS) is 12.8. The maximum Gasteiger partial charge on any atom is 0.305 e. The minimum absolute atomic E-state index is 0.0354. The molecule has 0 aromatic rings. The highest BCUT2D eigenvalue weighted by molar-refractivity contribution is 5.76. The molecule has 0 aliphatic carbocycles. The fraction of sp³-hybridized carbons (Fsp3) is 0.891. The third-order valence-electron chi connectivity index (χ3n) is 12.5. The number of carbonyl (C=O) groups excluding carboxylic acids is 2. The smallest absolute Gasteiger partial charge is 0.305 e. The fourth-order valence-corrected chi connectivity index (χ4v) is 8.27. The lowest BCUT2D eigenvalue weighted by molar-refractivity contribution is -0.143. The molecule has 1 amide bonds. The number of ether oxygens (including phenoxy) is 1. The number of hydrogen-bond acceptors (Lipinski definition) is 5. The number of esters is 1. The lowest BCUT2D eigenvalue weighted by Crippen LogP contribution is -2.45. The van der Waals surface area contributed by atoms with Crippen LogP contribution in [0.15, 0.2) is 24.3 Å². The minimum atomic E-state index is -0.863. The molecule has 360 valence electrons. The molecular weight excluding hydrogens is 755 g/mol. The maximum atomic E-state index is 12.5. The van der Waals surface area contributed by atoms with Crippen molar-refractivity contribution in [2.45, 2.75) is 302 Å². The third-order valence-corrected chi connectivity index (χ3v) is 12.5. The zero-order valence-corrected chi connectivity index (χ0v) is 40.9. The van der Waals surface area contributed by atoms with Gasteiger partial charge in [0.25, 0.3) is 0 Å². The van der Waals surface area contributed by atoms with Crippen LogP contribution in [-0.2, 0) is 14.3 Å². The number of unbranched alkanes of at least 4 members (excludes halogenated alkanes) is 37. The second-order valence-corrected chi connectivity index (χ2v) is 18.6. The average Bonchev–Trinajstić information content (AvgIpc) is 3.26. The highest BCUT2D eigenvalue weighted by Gasteiger charge is 2.18. The van der Waals surface area contributed by atoms with Crippen molar-refractivity contribution in [2.75, 3.05) is 13.2 Å². The van der Waals surface area contributed by atoms with Crippen LogP contribution in [0.4, 0.5) is 0 Å². The van der Waals surface area contributed by atoms with E-state index in [4.69, 9.17) is 4.74 Å². The first-order valence-corrected chi connectivity index (χ1v) is 27.1. The summed E-state index contributed by atoms with van der Waals surface area (Å²) in [6.07, 6.45) is 60.4. The van der Waals surface area contributed by atoms with E-state index in [9.17, 15) is 19.8 Å². The van der Waals surface area contributed by atoms with E-state index in [0.717, 1.165) is 57.8 Å². The van der Waals surface area contributed by atoms with Gasteiger partial charge in [0.05, 0.1) is 25.4 Å². The van der Waals surface area contributed by atoms with Gasteiger partial charge in [-0.05, 0) is 57.8 Å². The topological polar surface area (TPSA) is 95.9 Å². The Morgan fingerprint density at radius 1 is 0.443 bits per heavy atom. The van der Waals surface area contributed by atoms with Crippen molar-refractivity contribution in [3.8, 4) is 0 Å². The van der Waals surface area contributed by atoms with Gasteiger partial charge in [0.2, 0.25) is 5.91 Å². The quantitative estimate of drug-likeness (QED) is 0.0322. The van der Waals surface area contributed by atoms with Gasteiger partial charge >= 0.3 is 5.97 Å². The van der Waals surface area contributed by atoms with E-state index in [1.54, 1.807) is 6.08 Å². The largest absolute Gasteiger partial charge is 0.466 e. The van der Waals surface area contributed by atoms with E-state index >= 15 is 0 Å². The number of allylic oxidation sites excluding steroid dienone is 3. The Labute approximate surface area is 380 Å². The summed E-state index contributed by atoms with van der Waals surface area (Å²) in [4.78, 5) is 24.5. The van der Waals surface area contributed by atoms with Gasteiger partial charge in [-0.3, -0.25) is 9.59 Å². The number of nitrogens with one attached hydrogen (secondary N) is 1. The Kier molecular flexibility index (Phi) is 49.6. The first-order chi connectivity index (χ1) is 30.0. The summed E-state index contributed by atoms with van der Waals surface area (Å²) in [6.45, 7) is 4.84. The molecule has 0 rings (SSSR count). The van der Waals surface area contributed by atoms with Gasteiger partial charge in [-0.25, -0.2) is 0 Å². The SMILES string of the molecule is CCCCCCC/C=C\CCCCCCCC(=O)OCCCCCCCCCCCC(=O)NC(CO)C(O)/C=C/CCCCCCCCCCCCCCCCCCCCC. The van der Waals surface area contributed by atoms with E-state index < -0.39 is 12.1 Å². The molecular formula is C55H105NO5. The van der Waals surface area contributed by atoms with Crippen LogP contribution < -0.4 is 5.32 Å². The zero-order valence-electron chi connectivity index (χ0n) is 40.9. The molecule has 0 aliphatic heterocycles. The second kappa shape index (κ2) is 51.0. The summed E-state index contributed by atoms with van der Waals surface area (Å²) < 4.78 is 5.44. The lowest BCUT2D eigenvalue weighted by Gasteiger charge is -2.20. The second-order valence-electron chi connectivity index (χ2n) is 18.6. The van der Waals surface area contributed by atoms with E-state index in [2.05, 4.69) is 31.3 Å². The van der Waals surface area contributed by atoms with Crippen LogP contribution >= 0.6 is 0 Å².